The molecule has 1 N–H and O–H groups in total. The molecule has 0 unspecified atom stereocenters. The van der Waals surface area contributed by atoms with E-state index in [0.29, 0.717) is 16.3 Å². The number of hydrazone groups is 1. The number of anilines is 1. The number of benzene rings is 3. The van der Waals surface area contributed by atoms with Crippen LogP contribution in [0.1, 0.15) is 11.1 Å². The molecule has 0 heterocycles. The van der Waals surface area contributed by atoms with Gasteiger partial charge in [0.05, 0.1) is 23.9 Å². The molecule has 0 aliphatic carbocycles. The molecule has 1 amide bonds. The third kappa shape index (κ3) is 7.30. The van der Waals surface area contributed by atoms with Gasteiger partial charge in [0, 0.05) is 5.02 Å². The van der Waals surface area contributed by atoms with Gasteiger partial charge in [-0.05, 0) is 67.1 Å². The molecule has 0 radical (unpaired) electrons. The highest BCUT2D eigenvalue weighted by atomic mass is 35.5. The molecule has 9 nitrogen and oxygen atoms in total. The van der Waals surface area contributed by atoms with Crippen LogP contribution >= 0.6 is 11.6 Å². The lowest BCUT2D eigenvalue weighted by Gasteiger charge is -2.24. The summed E-state index contributed by atoms with van der Waals surface area (Å²) >= 11 is 6.07. The summed E-state index contributed by atoms with van der Waals surface area (Å²) in [5, 5.41) is 4.23. The third-order valence-electron chi connectivity index (χ3n) is 4.86. The van der Waals surface area contributed by atoms with Crippen molar-refractivity contribution in [3.05, 3.63) is 88.9 Å². The fourth-order valence-corrected chi connectivity index (χ4v) is 4.58. The monoisotopic (exact) mass is 529 g/mol. The van der Waals surface area contributed by atoms with Crippen LogP contribution in [-0.2, 0) is 24.3 Å². The Balaban J connectivity index is 1.71. The van der Waals surface area contributed by atoms with E-state index in [1.54, 1.807) is 54.6 Å². The Labute approximate surface area is 214 Å². The maximum absolute atomic E-state index is 13.4. The summed E-state index contributed by atoms with van der Waals surface area (Å²) in [6.07, 6.45) is 1.39. The van der Waals surface area contributed by atoms with E-state index < -0.39 is 28.4 Å². The molecule has 3 aromatic carbocycles. The minimum absolute atomic E-state index is 0.0406. The molecule has 11 heteroatoms. The van der Waals surface area contributed by atoms with Gasteiger partial charge in [0.15, 0.2) is 6.61 Å². The van der Waals surface area contributed by atoms with E-state index in [-0.39, 0.29) is 17.2 Å². The van der Waals surface area contributed by atoms with Crippen molar-refractivity contribution < 1.29 is 27.5 Å². The quantitative estimate of drug-likeness (QED) is 0.244. The van der Waals surface area contributed by atoms with E-state index >= 15 is 0 Å². The van der Waals surface area contributed by atoms with Crippen molar-refractivity contribution in [1.29, 1.82) is 0 Å². The molecule has 3 rings (SSSR count). The van der Waals surface area contributed by atoms with Crippen LogP contribution in [-0.4, -0.2) is 46.8 Å². The van der Waals surface area contributed by atoms with Crippen molar-refractivity contribution in [3.8, 4) is 5.75 Å². The van der Waals surface area contributed by atoms with Crippen molar-refractivity contribution >= 4 is 45.4 Å². The zero-order valence-corrected chi connectivity index (χ0v) is 21.1. The van der Waals surface area contributed by atoms with Gasteiger partial charge in [-0.25, -0.2) is 18.6 Å². The van der Waals surface area contributed by atoms with Crippen LogP contribution in [0.2, 0.25) is 5.02 Å². The van der Waals surface area contributed by atoms with E-state index in [1.165, 1.54) is 31.5 Å². The van der Waals surface area contributed by atoms with Gasteiger partial charge in [-0.3, -0.25) is 9.10 Å². The maximum atomic E-state index is 13.4. The highest BCUT2D eigenvalue weighted by Gasteiger charge is 2.27. The predicted molar refractivity (Wildman–Crippen MR) is 137 cm³/mol. The van der Waals surface area contributed by atoms with Gasteiger partial charge < -0.3 is 9.47 Å². The predicted octanol–water partition coefficient (Wildman–Crippen LogP) is 3.55. The van der Waals surface area contributed by atoms with Crippen LogP contribution in [0, 0.1) is 6.92 Å². The number of amides is 1. The highest BCUT2D eigenvalue weighted by Crippen LogP contribution is 2.26. The van der Waals surface area contributed by atoms with E-state index in [9.17, 15) is 18.0 Å². The van der Waals surface area contributed by atoms with Crippen molar-refractivity contribution in [1.82, 2.24) is 5.43 Å². The average Bonchev–Trinajstić information content (AvgIpc) is 2.86. The first-order valence-corrected chi connectivity index (χ1v) is 12.5. The molecular weight excluding hydrogens is 506 g/mol. The smallest absolute Gasteiger partial charge is 0.343 e. The number of hydrogen-bond donors (Lipinski definition) is 1. The second-order valence-electron chi connectivity index (χ2n) is 7.53. The van der Waals surface area contributed by atoms with Gasteiger partial charge in [-0.2, -0.15) is 5.10 Å². The van der Waals surface area contributed by atoms with E-state index in [4.69, 9.17) is 16.3 Å². The largest absolute Gasteiger partial charge is 0.482 e. The molecule has 3 aromatic rings. The van der Waals surface area contributed by atoms with Crippen LogP contribution in [0.3, 0.4) is 0 Å². The fraction of sp³-hybridized carbons (Fsp3) is 0.160. The number of sulfonamides is 1. The van der Waals surface area contributed by atoms with Crippen molar-refractivity contribution in [2.75, 3.05) is 24.6 Å². The molecule has 0 aromatic heterocycles. The van der Waals surface area contributed by atoms with Crippen LogP contribution in [0.15, 0.2) is 82.8 Å². The molecule has 0 aliphatic rings. The highest BCUT2D eigenvalue weighted by molar-refractivity contribution is 7.92. The van der Waals surface area contributed by atoms with Crippen LogP contribution in [0.25, 0.3) is 0 Å². The lowest BCUT2D eigenvalue weighted by atomic mass is 10.2. The summed E-state index contributed by atoms with van der Waals surface area (Å²) in [6.45, 7) is 1.11. The second kappa shape index (κ2) is 12.2. The SMILES string of the molecule is COC(=O)COc1ccc(/C=N\NC(=O)CN(c2cccc(Cl)c2)S(=O)(=O)c2ccc(C)cc2)cc1. The first kappa shape index (κ1) is 26.7. The minimum atomic E-state index is -4.06. The number of nitrogens with one attached hydrogen (secondary N) is 1. The number of methoxy groups -OCH3 is 1. The molecule has 36 heavy (non-hydrogen) atoms. The third-order valence-corrected chi connectivity index (χ3v) is 6.88. The van der Waals surface area contributed by atoms with Gasteiger partial charge in [-0.1, -0.05) is 35.4 Å². The Morgan fingerprint density at radius 2 is 1.75 bits per heavy atom. The zero-order chi connectivity index (χ0) is 26.1. The van der Waals surface area contributed by atoms with Crippen LogP contribution < -0.4 is 14.5 Å². The van der Waals surface area contributed by atoms with Gasteiger partial charge in [0.2, 0.25) is 0 Å². The number of rotatable bonds is 10. The minimum Gasteiger partial charge on any atom is -0.482 e. The second-order valence-corrected chi connectivity index (χ2v) is 9.83. The first-order valence-electron chi connectivity index (χ1n) is 10.7. The standard InChI is InChI=1S/C25H24ClN3O6S/c1-18-6-12-23(13-7-18)36(32,33)29(21-5-3-4-20(26)14-21)16-24(30)28-27-15-19-8-10-22(11-9-19)35-17-25(31)34-2/h3-15H,16-17H2,1-2H3,(H,28,30)/b27-15-. The Morgan fingerprint density at radius 3 is 2.39 bits per heavy atom. The number of aryl methyl sites for hydroxylation is 1. The lowest BCUT2D eigenvalue weighted by Crippen LogP contribution is -2.39. The molecule has 0 aliphatic heterocycles. The summed E-state index contributed by atoms with van der Waals surface area (Å²) in [6, 6.07) is 19.1. The van der Waals surface area contributed by atoms with Crippen molar-refractivity contribution in [2.24, 2.45) is 5.10 Å². The number of hydrogen-bond acceptors (Lipinski definition) is 7. The van der Waals surface area contributed by atoms with Crippen molar-refractivity contribution in [2.45, 2.75) is 11.8 Å². The maximum Gasteiger partial charge on any atom is 0.343 e. The lowest BCUT2D eigenvalue weighted by molar-refractivity contribution is -0.142. The summed E-state index contributed by atoms with van der Waals surface area (Å²) in [4.78, 5) is 23.8. The first-order chi connectivity index (χ1) is 17.2. The molecule has 0 spiro atoms. The fourth-order valence-electron chi connectivity index (χ4n) is 2.98. The van der Waals surface area contributed by atoms with E-state index in [1.807, 2.05) is 6.92 Å². The summed E-state index contributed by atoms with van der Waals surface area (Å²) in [5.74, 6) is -0.695. The number of carbonyl (C=O) groups is 2. The van der Waals surface area contributed by atoms with Gasteiger partial charge in [0.1, 0.15) is 12.3 Å². The van der Waals surface area contributed by atoms with E-state index in [0.717, 1.165) is 9.87 Å². The Morgan fingerprint density at radius 1 is 1.06 bits per heavy atom. The van der Waals surface area contributed by atoms with Gasteiger partial charge >= 0.3 is 5.97 Å². The Kier molecular flexibility index (Phi) is 9.04. The number of nitrogens with zero attached hydrogens (tertiary/aromatic N) is 2. The number of halogens is 1. The summed E-state index contributed by atoms with van der Waals surface area (Å²) < 4.78 is 37.5. The Hall–Kier alpha value is -3.89. The normalized spacial score (nSPS) is 11.2. The van der Waals surface area contributed by atoms with Gasteiger partial charge in [-0.15, -0.1) is 0 Å². The summed E-state index contributed by atoms with van der Waals surface area (Å²) in [7, 11) is -2.79. The molecule has 0 saturated carbocycles. The van der Waals surface area contributed by atoms with Crippen LogP contribution in [0.4, 0.5) is 5.69 Å². The molecule has 0 atom stereocenters. The topological polar surface area (TPSA) is 114 Å². The average molecular weight is 530 g/mol. The zero-order valence-electron chi connectivity index (χ0n) is 19.5. The number of esters is 1. The Bertz CT molecular complexity index is 1340. The van der Waals surface area contributed by atoms with Gasteiger partial charge in [0.25, 0.3) is 15.9 Å². The number of ether oxygens (including phenoxy) is 2. The molecule has 0 saturated heterocycles. The molecule has 0 bridgehead atoms. The number of carbonyl (C=O) groups excluding carboxylic acids is 2. The molecule has 188 valence electrons. The van der Waals surface area contributed by atoms with Crippen molar-refractivity contribution in [3.63, 3.8) is 0 Å². The van der Waals surface area contributed by atoms with E-state index in [2.05, 4.69) is 15.3 Å². The summed E-state index contributed by atoms with van der Waals surface area (Å²) in [5.41, 5.74) is 4.12. The molecular formula is C25H24ClN3O6S. The molecule has 0 fully saturated rings. The van der Waals surface area contributed by atoms with Crippen LogP contribution in [0.5, 0.6) is 5.75 Å².